The fourth-order valence-corrected chi connectivity index (χ4v) is 3.82. The van der Waals surface area contributed by atoms with Crippen LogP contribution in [0.5, 0.6) is 5.88 Å². The van der Waals surface area contributed by atoms with Crippen molar-refractivity contribution in [2.24, 2.45) is 4.99 Å². The number of nitrogens with one attached hydrogen (secondary N) is 1. The van der Waals surface area contributed by atoms with Gasteiger partial charge in [0.25, 0.3) is 11.2 Å². The van der Waals surface area contributed by atoms with Crippen LogP contribution in [0.15, 0.2) is 63.1 Å². The number of para-hydroxylation sites is 1. The maximum absolute atomic E-state index is 12.5. The molecule has 0 radical (unpaired) electrons. The molecule has 11 heteroatoms. The van der Waals surface area contributed by atoms with Gasteiger partial charge >= 0.3 is 5.69 Å². The Hall–Kier alpha value is -4.80. The molecule has 0 bridgehead atoms. The molecule has 0 atom stereocenters. The van der Waals surface area contributed by atoms with E-state index in [0.29, 0.717) is 34.9 Å². The van der Waals surface area contributed by atoms with Crippen LogP contribution < -0.4 is 11.2 Å². The molecule has 0 saturated carbocycles. The fourth-order valence-electron chi connectivity index (χ4n) is 3.82. The van der Waals surface area contributed by atoms with Crippen molar-refractivity contribution in [3.05, 3.63) is 102 Å². The molecule has 2 N–H and O–H groups in total. The van der Waals surface area contributed by atoms with Crippen LogP contribution in [0.4, 0.5) is 11.4 Å². The lowest BCUT2D eigenvalue weighted by molar-refractivity contribution is -0.384. The number of non-ortho nitro benzene ring substituents is 1. The number of H-pyrrole nitrogens is 1. The van der Waals surface area contributed by atoms with Gasteiger partial charge < -0.3 is 5.11 Å². The normalized spacial score (nSPS) is 11.3. The van der Waals surface area contributed by atoms with Crippen LogP contribution in [0.3, 0.4) is 0 Å². The number of aromatic hydroxyl groups is 1. The summed E-state index contributed by atoms with van der Waals surface area (Å²) in [6, 6.07) is 13.0. The Morgan fingerprint density at radius 2 is 1.83 bits per heavy atom. The molecular weight excluding hydrogens is 452 g/mol. The summed E-state index contributed by atoms with van der Waals surface area (Å²) in [5.41, 5.74) is 1.73. The molecule has 2 heterocycles. The minimum atomic E-state index is -0.778. The van der Waals surface area contributed by atoms with Gasteiger partial charge in [0.2, 0.25) is 5.88 Å². The zero-order valence-electron chi connectivity index (χ0n) is 19.2. The van der Waals surface area contributed by atoms with Gasteiger partial charge in [-0.05, 0) is 44.0 Å². The number of aromatic amines is 1. The van der Waals surface area contributed by atoms with Crippen LogP contribution in [0.25, 0.3) is 11.4 Å². The van der Waals surface area contributed by atoms with E-state index in [1.807, 2.05) is 19.1 Å². The SMILES string of the molecule is CCc1ccccc1-n1c(O)c(C=Nc2c(C)nn(-c3ccc([N+](=O)[O-])cc3)c2C)c(=O)[nH]c1=O. The van der Waals surface area contributed by atoms with Crippen LogP contribution in [-0.4, -0.2) is 35.6 Å². The summed E-state index contributed by atoms with van der Waals surface area (Å²) in [5.74, 6) is -0.526. The largest absolute Gasteiger partial charge is 0.493 e. The highest BCUT2D eigenvalue weighted by atomic mass is 16.6. The molecule has 11 nitrogen and oxygen atoms in total. The topological polar surface area (TPSA) is 148 Å². The minimum absolute atomic E-state index is 0.0389. The van der Waals surface area contributed by atoms with Gasteiger partial charge in [-0.25, -0.2) is 14.0 Å². The highest BCUT2D eigenvalue weighted by Crippen LogP contribution is 2.27. The predicted octanol–water partition coefficient (Wildman–Crippen LogP) is 3.26. The molecule has 4 aromatic rings. The molecule has 0 aliphatic heterocycles. The molecule has 4 rings (SSSR count). The zero-order valence-corrected chi connectivity index (χ0v) is 19.2. The third-order valence-electron chi connectivity index (χ3n) is 5.62. The Morgan fingerprint density at radius 1 is 1.14 bits per heavy atom. The first-order chi connectivity index (χ1) is 16.7. The molecule has 2 aromatic carbocycles. The number of hydrogen-bond donors (Lipinski definition) is 2. The van der Waals surface area contributed by atoms with Gasteiger partial charge in [0.15, 0.2) is 0 Å². The molecule has 0 saturated heterocycles. The summed E-state index contributed by atoms with van der Waals surface area (Å²) < 4.78 is 2.62. The summed E-state index contributed by atoms with van der Waals surface area (Å²) in [7, 11) is 0. The molecule has 2 aromatic heterocycles. The Kier molecular flexibility index (Phi) is 6.15. The van der Waals surface area contributed by atoms with Gasteiger partial charge in [-0.2, -0.15) is 5.10 Å². The maximum Gasteiger partial charge on any atom is 0.335 e. The van der Waals surface area contributed by atoms with Crippen LogP contribution in [0.1, 0.15) is 29.4 Å². The van der Waals surface area contributed by atoms with Crippen LogP contribution in [0, 0.1) is 24.0 Å². The molecule has 0 aliphatic carbocycles. The van der Waals surface area contributed by atoms with Crippen molar-refractivity contribution in [1.82, 2.24) is 19.3 Å². The summed E-state index contributed by atoms with van der Waals surface area (Å²) >= 11 is 0. The average Bonchev–Trinajstić information content (AvgIpc) is 3.12. The molecule has 35 heavy (non-hydrogen) atoms. The Morgan fingerprint density at radius 3 is 2.49 bits per heavy atom. The molecule has 0 fully saturated rings. The van der Waals surface area contributed by atoms with E-state index in [-0.39, 0.29) is 11.3 Å². The number of nitro benzene ring substituents is 1. The van der Waals surface area contributed by atoms with E-state index in [4.69, 9.17) is 0 Å². The van der Waals surface area contributed by atoms with E-state index in [2.05, 4.69) is 15.1 Å². The number of benzene rings is 2. The lowest BCUT2D eigenvalue weighted by atomic mass is 10.1. The lowest BCUT2D eigenvalue weighted by Crippen LogP contribution is -2.31. The Balaban J connectivity index is 1.78. The van der Waals surface area contributed by atoms with E-state index in [1.165, 1.54) is 18.3 Å². The van der Waals surface area contributed by atoms with Crippen LogP contribution in [0.2, 0.25) is 0 Å². The van der Waals surface area contributed by atoms with Gasteiger partial charge in [-0.15, -0.1) is 0 Å². The average molecular weight is 474 g/mol. The Labute approximate surface area is 198 Å². The van der Waals surface area contributed by atoms with Crippen molar-refractivity contribution in [3.63, 3.8) is 0 Å². The summed E-state index contributed by atoms with van der Waals surface area (Å²) in [6.45, 7) is 5.41. The van der Waals surface area contributed by atoms with Gasteiger partial charge in [-0.1, -0.05) is 25.1 Å². The molecule has 0 amide bonds. The van der Waals surface area contributed by atoms with Gasteiger partial charge in [0.1, 0.15) is 11.3 Å². The van der Waals surface area contributed by atoms with E-state index >= 15 is 0 Å². The fraction of sp³-hybridized carbons (Fsp3) is 0.167. The number of hydrogen-bond acceptors (Lipinski definition) is 7. The summed E-state index contributed by atoms with van der Waals surface area (Å²) in [4.78, 5) is 42.1. The Bertz CT molecular complexity index is 1580. The van der Waals surface area contributed by atoms with E-state index < -0.39 is 22.1 Å². The van der Waals surface area contributed by atoms with Gasteiger partial charge in [0.05, 0.1) is 27.7 Å². The zero-order chi connectivity index (χ0) is 25.3. The van der Waals surface area contributed by atoms with Crippen molar-refractivity contribution in [2.75, 3.05) is 0 Å². The minimum Gasteiger partial charge on any atom is -0.493 e. The van der Waals surface area contributed by atoms with Crippen molar-refractivity contribution in [3.8, 4) is 17.3 Å². The second kappa shape index (κ2) is 9.21. The van der Waals surface area contributed by atoms with E-state index in [0.717, 1.165) is 10.1 Å². The summed E-state index contributed by atoms with van der Waals surface area (Å²) in [5, 5.41) is 26.2. The van der Waals surface area contributed by atoms with E-state index in [9.17, 15) is 24.8 Å². The highest BCUT2D eigenvalue weighted by molar-refractivity contribution is 5.85. The van der Waals surface area contributed by atoms with Crippen molar-refractivity contribution >= 4 is 17.6 Å². The maximum atomic E-state index is 12.5. The van der Waals surface area contributed by atoms with Gasteiger partial charge in [0, 0.05) is 18.3 Å². The van der Waals surface area contributed by atoms with Crippen molar-refractivity contribution < 1.29 is 10.0 Å². The number of aromatic nitrogens is 4. The number of nitrogens with zero attached hydrogens (tertiary/aromatic N) is 5. The second-order valence-corrected chi connectivity index (χ2v) is 7.78. The molecule has 0 spiro atoms. The first-order valence-corrected chi connectivity index (χ1v) is 10.7. The first-order valence-electron chi connectivity index (χ1n) is 10.7. The monoisotopic (exact) mass is 474 g/mol. The third kappa shape index (κ3) is 4.26. The van der Waals surface area contributed by atoms with Crippen molar-refractivity contribution in [1.29, 1.82) is 0 Å². The van der Waals surface area contributed by atoms with Crippen molar-refractivity contribution in [2.45, 2.75) is 27.2 Å². The molecular formula is C24H22N6O5. The molecule has 178 valence electrons. The molecule has 0 aliphatic rings. The van der Waals surface area contributed by atoms with Gasteiger partial charge in [-0.3, -0.25) is 24.9 Å². The lowest BCUT2D eigenvalue weighted by Gasteiger charge is -2.13. The predicted molar refractivity (Wildman–Crippen MR) is 131 cm³/mol. The third-order valence-corrected chi connectivity index (χ3v) is 5.62. The summed E-state index contributed by atoms with van der Waals surface area (Å²) in [6.07, 6.45) is 1.81. The van der Waals surface area contributed by atoms with Crippen LogP contribution in [-0.2, 0) is 6.42 Å². The number of nitro groups is 1. The quantitative estimate of drug-likeness (QED) is 0.249. The smallest absolute Gasteiger partial charge is 0.335 e. The van der Waals surface area contributed by atoms with E-state index in [1.54, 1.807) is 42.8 Å². The highest BCUT2D eigenvalue weighted by Gasteiger charge is 2.18. The standard InChI is InChI=1S/C24H22N6O5/c1-4-16-7-5-6-8-20(16)28-23(32)19(22(31)26-24(28)33)13-25-21-14(2)27-29(15(21)3)17-9-11-18(12-10-17)30(34)35/h5-13,32H,4H2,1-3H3,(H,26,31,33). The second-order valence-electron chi connectivity index (χ2n) is 7.78. The number of aliphatic imine (C=N–C) groups is 1. The van der Waals surface area contributed by atoms with Crippen LogP contribution >= 0.6 is 0 Å². The molecule has 0 unspecified atom stereocenters. The first kappa shape index (κ1) is 23.4. The number of aryl methyl sites for hydroxylation is 2. The number of rotatable bonds is 6.